The fourth-order valence-corrected chi connectivity index (χ4v) is 2.49. The molecule has 0 bridgehead atoms. The SMILES string of the molecule is COCC(CN1CCC(CNCC(C)C)C1)OC. The predicted molar refractivity (Wildman–Crippen MR) is 74.9 cm³/mol. The lowest BCUT2D eigenvalue weighted by Crippen LogP contribution is -2.35. The number of likely N-dealkylation sites (tertiary alicyclic amines) is 1. The van der Waals surface area contributed by atoms with Gasteiger partial charge in [0.15, 0.2) is 0 Å². The normalized spacial score (nSPS) is 22.8. The van der Waals surface area contributed by atoms with Crippen molar-refractivity contribution in [2.24, 2.45) is 11.8 Å². The monoisotopic (exact) mass is 258 g/mol. The van der Waals surface area contributed by atoms with Gasteiger partial charge in [0.05, 0.1) is 12.7 Å². The fourth-order valence-electron chi connectivity index (χ4n) is 2.49. The Morgan fingerprint density at radius 3 is 2.72 bits per heavy atom. The molecule has 1 heterocycles. The number of rotatable bonds is 9. The van der Waals surface area contributed by atoms with Crippen molar-refractivity contribution in [2.75, 3.05) is 53.6 Å². The molecular formula is C14H30N2O2. The zero-order valence-electron chi connectivity index (χ0n) is 12.4. The van der Waals surface area contributed by atoms with Gasteiger partial charge in [-0.3, -0.25) is 0 Å². The molecule has 1 aliphatic heterocycles. The summed E-state index contributed by atoms with van der Waals surface area (Å²) in [6, 6.07) is 0. The van der Waals surface area contributed by atoms with Gasteiger partial charge in [0, 0.05) is 27.3 Å². The zero-order valence-corrected chi connectivity index (χ0v) is 12.4. The molecule has 1 fully saturated rings. The molecule has 0 aromatic rings. The van der Waals surface area contributed by atoms with Gasteiger partial charge in [-0.25, -0.2) is 0 Å². The lowest BCUT2D eigenvalue weighted by Gasteiger charge is -2.22. The van der Waals surface area contributed by atoms with Crippen molar-refractivity contribution in [3.8, 4) is 0 Å². The summed E-state index contributed by atoms with van der Waals surface area (Å²) in [4.78, 5) is 2.49. The van der Waals surface area contributed by atoms with Gasteiger partial charge < -0.3 is 19.7 Å². The van der Waals surface area contributed by atoms with E-state index in [4.69, 9.17) is 9.47 Å². The maximum absolute atomic E-state index is 5.42. The largest absolute Gasteiger partial charge is 0.382 e. The van der Waals surface area contributed by atoms with Crippen LogP contribution < -0.4 is 5.32 Å². The van der Waals surface area contributed by atoms with Crippen LogP contribution in [0.25, 0.3) is 0 Å². The second kappa shape index (κ2) is 8.86. The highest BCUT2D eigenvalue weighted by molar-refractivity contribution is 4.79. The van der Waals surface area contributed by atoms with Crippen LogP contribution in [0.2, 0.25) is 0 Å². The standard InChI is InChI=1S/C14H30N2O2/c1-12(2)7-15-8-13-5-6-16(9-13)10-14(18-4)11-17-3/h12-15H,5-11H2,1-4H3. The summed E-state index contributed by atoms with van der Waals surface area (Å²) in [6.07, 6.45) is 1.51. The second-order valence-electron chi connectivity index (χ2n) is 5.78. The van der Waals surface area contributed by atoms with Crippen molar-refractivity contribution in [3.05, 3.63) is 0 Å². The first-order valence-electron chi connectivity index (χ1n) is 7.10. The average molecular weight is 258 g/mol. The molecule has 4 heteroatoms. The van der Waals surface area contributed by atoms with E-state index in [9.17, 15) is 0 Å². The highest BCUT2D eigenvalue weighted by atomic mass is 16.5. The molecule has 1 rings (SSSR count). The summed E-state index contributed by atoms with van der Waals surface area (Å²) < 4.78 is 10.6. The van der Waals surface area contributed by atoms with E-state index in [1.54, 1.807) is 14.2 Å². The zero-order chi connectivity index (χ0) is 13.4. The van der Waals surface area contributed by atoms with E-state index < -0.39 is 0 Å². The number of nitrogens with zero attached hydrogens (tertiary/aromatic N) is 1. The molecule has 2 unspecified atom stereocenters. The van der Waals surface area contributed by atoms with Gasteiger partial charge in [0.1, 0.15) is 0 Å². The minimum absolute atomic E-state index is 0.206. The Labute approximate surface area is 112 Å². The topological polar surface area (TPSA) is 33.7 Å². The van der Waals surface area contributed by atoms with Gasteiger partial charge >= 0.3 is 0 Å². The number of nitrogens with one attached hydrogen (secondary N) is 1. The predicted octanol–water partition coefficient (Wildman–Crippen LogP) is 1.22. The summed E-state index contributed by atoms with van der Waals surface area (Å²) in [6.45, 7) is 10.8. The van der Waals surface area contributed by atoms with Crippen molar-refractivity contribution in [1.29, 1.82) is 0 Å². The highest BCUT2D eigenvalue weighted by Gasteiger charge is 2.24. The Hall–Kier alpha value is -0.160. The van der Waals surface area contributed by atoms with Gasteiger partial charge in [-0.05, 0) is 37.9 Å². The van der Waals surface area contributed by atoms with Gasteiger partial charge in [0.2, 0.25) is 0 Å². The Morgan fingerprint density at radius 2 is 2.11 bits per heavy atom. The smallest absolute Gasteiger partial charge is 0.0931 e. The highest BCUT2D eigenvalue weighted by Crippen LogP contribution is 2.16. The molecule has 0 amide bonds. The van der Waals surface area contributed by atoms with Gasteiger partial charge in [0.25, 0.3) is 0 Å². The van der Waals surface area contributed by atoms with E-state index in [1.165, 1.54) is 19.5 Å². The van der Waals surface area contributed by atoms with Gasteiger partial charge in [-0.1, -0.05) is 13.8 Å². The molecule has 108 valence electrons. The summed E-state index contributed by atoms with van der Waals surface area (Å²) in [5.41, 5.74) is 0. The molecule has 0 spiro atoms. The first-order chi connectivity index (χ1) is 8.65. The lowest BCUT2D eigenvalue weighted by molar-refractivity contribution is 0.00949. The Balaban J connectivity index is 2.15. The molecule has 0 aliphatic carbocycles. The lowest BCUT2D eigenvalue weighted by atomic mass is 10.1. The summed E-state index contributed by atoms with van der Waals surface area (Å²) >= 11 is 0. The van der Waals surface area contributed by atoms with Crippen LogP contribution in [0.15, 0.2) is 0 Å². The van der Waals surface area contributed by atoms with Gasteiger partial charge in [-0.2, -0.15) is 0 Å². The number of methoxy groups -OCH3 is 2. The van der Waals surface area contributed by atoms with Crippen molar-refractivity contribution >= 4 is 0 Å². The molecule has 4 nitrogen and oxygen atoms in total. The average Bonchev–Trinajstić information content (AvgIpc) is 2.76. The number of hydrogen-bond donors (Lipinski definition) is 1. The minimum atomic E-state index is 0.206. The first kappa shape index (κ1) is 15.9. The Bertz CT molecular complexity index is 212. The van der Waals surface area contributed by atoms with Crippen molar-refractivity contribution < 1.29 is 9.47 Å². The van der Waals surface area contributed by atoms with Crippen LogP contribution in [0.4, 0.5) is 0 Å². The number of ether oxygens (including phenoxy) is 2. The maximum Gasteiger partial charge on any atom is 0.0931 e. The van der Waals surface area contributed by atoms with Crippen LogP contribution >= 0.6 is 0 Å². The molecule has 1 aliphatic rings. The third kappa shape index (κ3) is 6.14. The van der Waals surface area contributed by atoms with E-state index in [-0.39, 0.29) is 6.10 Å². The van der Waals surface area contributed by atoms with Crippen LogP contribution in [0, 0.1) is 11.8 Å². The van der Waals surface area contributed by atoms with Crippen LogP contribution in [0.5, 0.6) is 0 Å². The summed E-state index contributed by atoms with van der Waals surface area (Å²) in [5.74, 6) is 1.53. The fraction of sp³-hybridized carbons (Fsp3) is 1.00. The van der Waals surface area contributed by atoms with Crippen molar-refractivity contribution in [3.63, 3.8) is 0 Å². The van der Waals surface area contributed by atoms with E-state index in [0.29, 0.717) is 6.61 Å². The van der Waals surface area contributed by atoms with Gasteiger partial charge in [-0.15, -0.1) is 0 Å². The Morgan fingerprint density at radius 1 is 1.33 bits per heavy atom. The van der Waals surface area contributed by atoms with E-state index in [1.807, 2.05) is 0 Å². The Kier molecular flexibility index (Phi) is 7.82. The van der Waals surface area contributed by atoms with E-state index >= 15 is 0 Å². The molecule has 1 saturated heterocycles. The first-order valence-corrected chi connectivity index (χ1v) is 7.10. The second-order valence-corrected chi connectivity index (χ2v) is 5.78. The van der Waals surface area contributed by atoms with E-state index in [0.717, 1.165) is 31.5 Å². The molecule has 18 heavy (non-hydrogen) atoms. The van der Waals surface area contributed by atoms with Crippen LogP contribution in [-0.2, 0) is 9.47 Å². The quantitative estimate of drug-likeness (QED) is 0.674. The molecule has 0 aromatic carbocycles. The molecule has 0 saturated carbocycles. The molecule has 2 atom stereocenters. The number of hydrogen-bond acceptors (Lipinski definition) is 4. The molecule has 0 aromatic heterocycles. The van der Waals surface area contributed by atoms with Crippen molar-refractivity contribution in [2.45, 2.75) is 26.4 Å². The van der Waals surface area contributed by atoms with Crippen LogP contribution in [-0.4, -0.2) is 64.6 Å². The van der Waals surface area contributed by atoms with Crippen molar-refractivity contribution in [1.82, 2.24) is 10.2 Å². The molecule has 1 N–H and O–H groups in total. The third-order valence-electron chi connectivity index (χ3n) is 3.50. The van der Waals surface area contributed by atoms with Crippen LogP contribution in [0.1, 0.15) is 20.3 Å². The summed E-state index contributed by atoms with van der Waals surface area (Å²) in [7, 11) is 3.50. The minimum Gasteiger partial charge on any atom is -0.382 e. The molecule has 0 radical (unpaired) electrons. The molecular weight excluding hydrogens is 228 g/mol. The third-order valence-corrected chi connectivity index (χ3v) is 3.50. The van der Waals surface area contributed by atoms with E-state index in [2.05, 4.69) is 24.1 Å². The maximum atomic E-state index is 5.42. The van der Waals surface area contributed by atoms with Crippen LogP contribution in [0.3, 0.4) is 0 Å². The summed E-state index contributed by atoms with van der Waals surface area (Å²) in [5, 5.41) is 3.56.